The molecule has 0 aliphatic rings. The average molecular weight is 270 g/mol. The van der Waals surface area contributed by atoms with Crippen molar-refractivity contribution in [1.82, 2.24) is 15.0 Å². The van der Waals surface area contributed by atoms with Crippen molar-refractivity contribution in [2.24, 2.45) is 0 Å². The van der Waals surface area contributed by atoms with Crippen LogP contribution in [0, 0.1) is 13.8 Å². The Hall–Kier alpha value is -1.40. The van der Waals surface area contributed by atoms with Gasteiger partial charge in [0.25, 0.3) is 0 Å². The zero-order valence-electron chi connectivity index (χ0n) is 9.49. The van der Waals surface area contributed by atoms with Gasteiger partial charge in [-0.3, -0.25) is 0 Å². The van der Waals surface area contributed by atoms with Crippen LogP contribution in [0.2, 0.25) is 5.28 Å². The molecule has 7 heteroatoms. The van der Waals surface area contributed by atoms with Gasteiger partial charge in [-0.05, 0) is 25.4 Å². The standard InChI is InChI=1S/C10H12ClN5S/c1-5-8(12)9(16-10(11)15-5)14-4-7-3-13-6(2)17-7/h3H,4,12H2,1-2H3,(H,14,15,16). The van der Waals surface area contributed by atoms with Crippen molar-refractivity contribution < 1.29 is 0 Å². The van der Waals surface area contributed by atoms with E-state index in [4.69, 9.17) is 17.3 Å². The Labute approximate surface area is 108 Å². The normalized spacial score (nSPS) is 10.5. The smallest absolute Gasteiger partial charge is 0.224 e. The number of hydrogen-bond acceptors (Lipinski definition) is 6. The lowest BCUT2D eigenvalue weighted by Crippen LogP contribution is -2.06. The monoisotopic (exact) mass is 269 g/mol. The first-order chi connectivity index (χ1) is 8.06. The Morgan fingerprint density at radius 3 is 2.82 bits per heavy atom. The predicted molar refractivity (Wildman–Crippen MR) is 70.4 cm³/mol. The lowest BCUT2D eigenvalue weighted by molar-refractivity contribution is 1.07. The van der Waals surface area contributed by atoms with Crippen LogP contribution in [-0.2, 0) is 6.54 Å². The van der Waals surface area contributed by atoms with Gasteiger partial charge in [-0.2, -0.15) is 4.98 Å². The summed E-state index contributed by atoms with van der Waals surface area (Å²) in [7, 11) is 0. The third-order valence-corrected chi connectivity index (χ3v) is 3.29. The zero-order valence-corrected chi connectivity index (χ0v) is 11.1. The molecule has 0 aromatic carbocycles. The molecule has 3 N–H and O–H groups in total. The van der Waals surface area contributed by atoms with E-state index in [2.05, 4.69) is 20.3 Å². The van der Waals surface area contributed by atoms with Crippen LogP contribution in [0.4, 0.5) is 11.5 Å². The summed E-state index contributed by atoms with van der Waals surface area (Å²) in [5.41, 5.74) is 7.06. The second-order valence-corrected chi connectivity index (χ2v) is 5.20. The van der Waals surface area contributed by atoms with Gasteiger partial charge < -0.3 is 11.1 Å². The van der Waals surface area contributed by atoms with E-state index in [0.717, 1.165) is 9.88 Å². The number of anilines is 2. The maximum Gasteiger partial charge on any atom is 0.224 e. The number of halogens is 1. The Balaban J connectivity index is 2.14. The number of thiazole rings is 1. The molecule has 0 spiro atoms. The molecule has 2 aromatic heterocycles. The molecule has 2 rings (SSSR count). The summed E-state index contributed by atoms with van der Waals surface area (Å²) in [6.07, 6.45) is 1.83. The molecule has 2 aromatic rings. The Bertz CT molecular complexity index is 539. The lowest BCUT2D eigenvalue weighted by atomic mass is 10.3. The van der Waals surface area contributed by atoms with E-state index in [1.165, 1.54) is 0 Å². The highest BCUT2D eigenvalue weighted by Crippen LogP contribution is 2.22. The summed E-state index contributed by atoms with van der Waals surface area (Å²) in [6, 6.07) is 0. The van der Waals surface area contributed by atoms with Gasteiger partial charge in [-0.1, -0.05) is 0 Å². The van der Waals surface area contributed by atoms with E-state index >= 15 is 0 Å². The highest BCUT2D eigenvalue weighted by Gasteiger charge is 2.07. The summed E-state index contributed by atoms with van der Waals surface area (Å²) < 4.78 is 0. The summed E-state index contributed by atoms with van der Waals surface area (Å²) in [5.74, 6) is 0.563. The van der Waals surface area contributed by atoms with Crippen LogP contribution in [0.3, 0.4) is 0 Å². The first kappa shape index (κ1) is 12.1. The summed E-state index contributed by atoms with van der Waals surface area (Å²) >= 11 is 7.41. The molecular formula is C10H12ClN5S. The van der Waals surface area contributed by atoms with E-state index in [-0.39, 0.29) is 5.28 Å². The SMILES string of the molecule is Cc1ncc(CNc2nc(Cl)nc(C)c2N)s1. The number of hydrogen-bond donors (Lipinski definition) is 2. The fourth-order valence-corrected chi connectivity index (χ4v) is 2.29. The second kappa shape index (κ2) is 4.85. The molecule has 0 atom stereocenters. The molecule has 0 saturated heterocycles. The minimum absolute atomic E-state index is 0.194. The number of nitrogen functional groups attached to an aromatic ring is 1. The Morgan fingerprint density at radius 2 is 2.18 bits per heavy atom. The van der Waals surface area contributed by atoms with Crippen molar-refractivity contribution in [1.29, 1.82) is 0 Å². The molecule has 5 nitrogen and oxygen atoms in total. The van der Waals surface area contributed by atoms with Crippen molar-refractivity contribution in [3.63, 3.8) is 0 Å². The molecule has 0 saturated carbocycles. The zero-order chi connectivity index (χ0) is 12.4. The van der Waals surface area contributed by atoms with Gasteiger partial charge in [-0.25, -0.2) is 9.97 Å². The second-order valence-electron chi connectivity index (χ2n) is 3.54. The fourth-order valence-electron chi connectivity index (χ4n) is 1.34. The van der Waals surface area contributed by atoms with Gasteiger partial charge in [0.1, 0.15) is 0 Å². The van der Waals surface area contributed by atoms with E-state index < -0.39 is 0 Å². The molecule has 2 heterocycles. The van der Waals surface area contributed by atoms with E-state index in [0.29, 0.717) is 23.7 Å². The minimum Gasteiger partial charge on any atom is -0.394 e. The van der Waals surface area contributed by atoms with Crippen LogP contribution in [0.1, 0.15) is 15.6 Å². The van der Waals surface area contributed by atoms with Gasteiger partial charge in [0.2, 0.25) is 5.28 Å². The average Bonchev–Trinajstić information content (AvgIpc) is 2.67. The molecule has 0 amide bonds. The molecule has 17 heavy (non-hydrogen) atoms. The number of aromatic nitrogens is 3. The van der Waals surface area contributed by atoms with Crippen LogP contribution < -0.4 is 11.1 Å². The van der Waals surface area contributed by atoms with Gasteiger partial charge >= 0.3 is 0 Å². The third-order valence-electron chi connectivity index (χ3n) is 2.21. The number of nitrogens with two attached hydrogens (primary N) is 1. The molecule has 0 unspecified atom stereocenters. The van der Waals surface area contributed by atoms with Crippen molar-refractivity contribution in [2.75, 3.05) is 11.1 Å². The quantitative estimate of drug-likeness (QED) is 0.837. The maximum absolute atomic E-state index is 5.86. The van der Waals surface area contributed by atoms with Crippen molar-refractivity contribution in [3.05, 3.63) is 27.1 Å². The first-order valence-electron chi connectivity index (χ1n) is 5.01. The molecule has 0 fully saturated rings. The number of nitrogens with one attached hydrogen (secondary N) is 1. The van der Waals surface area contributed by atoms with Gasteiger partial charge in [0, 0.05) is 11.1 Å². The molecule has 0 aliphatic heterocycles. The third kappa shape index (κ3) is 2.83. The lowest BCUT2D eigenvalue weighted by Gasteiger charge is -2.08. The molecular weight excluding hydrogens is 258 g/mol. The predicted octanol–water partition coefficient (Wildman–Crippen LogP) is 2.40. The van der Waals surface area contributed by atoms with Gasteiger partial charge in [-0.15, -0.1) is 11.3 Å². The highest BCUT2D eigenvalue weighted by molar-refractivity contribution is 7.11. The number of rotatable bonds is 3. The fraction of sp³-hybridized carbons (Fsp3) is 0.300. The van der Waals surface area contributed by atoms with E-state index in [1.807, 2.05) is 13.1 Å². The maximum atomic E-state index is 5.86. The molecule has 0 bridgehead atoms. The van der Waals surface area contributed by atoms with Crippen LogP contribution in [0.15, 0.2) is 6.20 Å². The minimum atomic E-state index is 0.194. The number of nitrogens with zero attached hydrogens (tertiary/aromatic N) is 3. The number of aryl methyl sites for hydroxylation is 2. The highest BCUT2D eigenvalue weighted by atomic mass is 35.5. The van der Waals surface area contributed by atoms with Crippen LogP contribution in [0.25, 0.3) is 0 Å². The molecule has 0 radical (unpaired) electrons. The van der Waals surface area contributed by atoms with Crippen LogP contribution >= 0.6 is 22.9 Å². The molecule has 0 aliphatic carbocycles. The van der Waals surface area contributed by atoms with E-state index in [1.54, 1.807) is 18.3 Å². The summed E-state index contributed by atoms with van der Waals surface area (Å²) in [4.78, 5) is 13.3. The Morgan fingerprint density at radius 1 is 1.41 bits per heavy atom. The van der Waals surface area contributed by atoms with Crippen molar-refractivity contribution in [2.45, 2.75) is 20.4 Å². The van der Waals surface area contributed by atoms with Gasteiger partial charge in [0.15, 0.2) is 5.82 Å². The van der Waals surface area contributed by atoms with Crippen LogP contribution in [-0.4, -0.2) is 15.0 Å². The largest absolute Gasteiger partial charge is 0.394 e. The van der Waals surface area contributed by atoms with Gasteiger partial charge in [0.05, 0.1) is 22.9 Å². The van der Waals surface area contributed by atoms with Crippen LogP contribution in [0.5, 0.6) is 0 Å². The van der Waals surface area contributed by atoms with E-state index in [9.17, 15) is 0 Å². The van der Waals surface area contributed by atoms with Crippen molar-refractivity contribution in [3.8, 4) is 0 Å². The summed E-state index contributed by atoms with van der Waals surface area (Å²) in [5, 5.41) is 4.36. The first-order valence-corrected chi connectivity index (χ1v) is 6.20. The van der Waals surface area contributed by atoms with Crippen molar-refractivity contribution >= 4 is 34.4 Å². The topological polar surface area (TPSA) is 76.7 Å². The summed E-state index contributed by atoms with van der Waals surface area (Å²) in [6.45, 7) is 4.39. The Kier molecular flexibility index (Phi) is 3.44. The molecule has 90 valence electrons.